The highest BCUT2D eigenvalue weighted by molar-refractivity contribution is 8.26. The van der Waals surface area contributed by atoms with Crippen LogP contribution in [-0.4, -0.2) is 52.9 Å². The van der Waals surface area contributed by atoms with Gasteiger partial charge in [-0.3, -0.25) is 14.5 Å². The van der Waals surface area contributed by atoms with Crippen LogP contribution < -0.4 is 9.64 Å². The van der Waals surface area contributed by atoms with E-state index >= 15 is 0 Å². The topological polar surface area (TPSA) is 70.1 Å². The van der Waals surface area contributed by atoms with E-state index in [2.05, 4.69) is 0 Å². The molecule has 0 radical (unpaired) electrons. The molecule has 0 unspecified atom stereocenters. The fraction of sp³-hybridized carbons (Fsp3) is 0.190. The van der Waals surface area contributed by atoms with Crippen molar-refractivity contribution in [2.75, 3.05) is 31.7 Å². The number of thioether (sulfide) groups is 1. The zero-order valence-corrected chi connectivity index (χ0v) is 17.4. The van der Waals surface area contributed by atoms with Gasteiger partial charge in [-0.05, 0) is 24.3 Å². The summed E-state index contributed by atoms with van der Waals surface area (Å²) in [5, 5.41) is 9.34. The molecule has 1 heterocycles. The van der Waals surface area contributed by atoms with Crippen LogP contribution in [0, 0.1) is 0 Å². The molecule has 2 aromatic carbocycles. The number of anilines is 1. The van der Waals surface area contributed by atoms with Crippen LogP contribution in [0.1, 0.15) is 5.56 Å². The molecule has 1 aliphatic rings. The molecule has 0 atom stereocenters. The van der Waals surface area contributed by atoms with Crippen molar-refractivity contribution >= 4 is 51.9 Å². The lowest BCUT2D eigenvalue weighted by Gasteiger charge is -2.24. The predicted octanol–water partition coefficient (Wildman–Crippen LogP) is 2.92. The fourth-order valence-corrected chi connectivity index (χ4v) is 4.14. The van der Waals surface area contributed by atoms with Crippen LogP contribution in [0.5, 0.6) is 5.75 Å². The summed E-state index contributed by atoms with van der Waals surface area (Å²) in [6.45, 7) is -0.246. The molecule has 29 heavy (non-hydrogen) atoms. The third-order valence-electron chi connectivity index (χ3n) is 4.29. The van der Waals surface area contributed by atoms with Crippen molar-refractivity contribution in [3.05, 3.63) is 65.1 Å². The Kier molecular flexibility index (Phi) is 7.03. The number of methoxy groups -OCH3 is 1. The molecule has 8 heteroatoms. The van der Waals surface area contributed by atoms with Gasteiger partial charge in [-0.1, -0.05) is 60.4 Å². The van der Waals surface area contributed by atoms with E-state index in [0.717, 1.165) is 17.3 Å². The standard InChI is InChI=1S/C21H20N2O4S2/c1-27-17-10-6-5-7-15(17)13-18-20(26)23(21(28)29-18)14-19(25)22(11-12-24)16-8-3-2-4-9-16/h2-10,13,24H,11-12,14H2,1H3/b18-13-. The average Bonchev–Trinajstić information content (AvgIpc) is 3.00. The number of carbonyl (C=O) groups is 2. The Bertz CT molecular complexity index is 947. The number of amides is 2. The summed E-state index contributed by atoms with van der Waals surface area (Å²) in [6.07, 6.45) is 1.71. The summed E-state index contributed by atoms with van der Waals surface area (Å²) in [7, 11) is 1.57. The van der Waals surface area contributed by atoms with E-state index in [1.54, 1.807) is 25.3 Å². The maximum atomic E-state index is 12.9. The second kappa shape index (κ2) is 9.69. The first-order valence-electron chi connectivity index (χ1n) is 8.90. The minimum atomic E-state index is -0.323. The lowest BCUT2D eigenvalue weighted by atomic mass is 10.2. The van der Waals surface area contributed by atoms with Gasteiger partial charge in [-0.15, -0.1) is 0 Å². The van der Waals surface area contributed by atoms with Gasteiger partial charge in [0.2, 0.25) is 5.91 Å². The van der Waals surface area contributed by atoms with E-state index in [9.17, 15) is 14.7 Å². The number of thiocarbonyl (C=S) groups is 1. The van der Waals surface area contributed by atoms with Crippen molar-refractivity contribution in [1.82, 2.24) is 4.90 Å². The molecular formula is C21H20N2O4S2. The van der Waals surface area contributed by atoms with Crippen molar-refractivity contribution in [1.29, 1.82) is 0 Å². The number of ether oxygens (including phenoxy) is 1. The number of hydrogen-bond acceptors (Lipinski definition) is 6. The Morgan fingerprint density at radius 3 is 2.59 bits per heavy atom. The smallest absolute Gasteiger partial charge is 0.266 e. The number of benzene rings is 2. The number of nitrogens with zero attached hydrogens (tertiary/aromatic N) is 2. The Morgan fingerprint density at radius 2 is 1.90 bits per heavy atom. The maximum Gasteiger partial charge on any atom is 0.266 e. The molecule has 0 aliphatic carbocycles. The molecule has 0 aromatic heterocycles. The molecule has 2 amide bonds. The Labute approximate surface area is 178 Å². The van der Waals surface area contributed by atoms with E-state index in [-0.39, 0.29) is 31.5 Å². The molecule has 0 saturated carbocycles. The molecule has 150 valence electrons. The SMILES string of the molecule is COc1ccccc1/C=C1\SC(=S)N(CC(=O)N(CCO)c2ccccc2)C1=O. The van der Waals surface area contributed by atoms with Gasteiger partial charge >= 0.3 is 0 Å². The first-order chi connectivity index (χ1) is 14.0. The van der Waals surface area contributed by atoms with Crippen molar-refractivity contribution < 1.29 is 19.4 Å². The monoisotopic (exact) mass is 428 g/mol. The molecule has 0 spiro atoms. The van der Waals surface area contributed by atoms with Gasteiger partial charge in [0.15, 0.2) is 0 Å². The number of para-hydroxylation sites is 2. The van der Waals surface area contributed by atoms with Gasteiger partial charge < -0.3 is 14.7 Å². The Morgan fingerprint density at radius 1 is 1.21 bits per heavy atom. The van der Waals surface area contributed by atoms with Crippen LogP contribution in [0.3, 0.4) is 0 Å². The van der Waals surface area contributed by atoms with Gasteiger partial charge in [0.25, 0.3) is 5.91 Å². The molecule has 1 saturated heterocycles. The number of aliphatic hydroxyl groups excluding tert-OH is 1. The largest absolute Gasteiger partial charge is 0.496 e. The van der Waals surface area contributed by atoms with Gasteiger partial charge in [-0.2, -0.15) is 0 Å². The Hall–Kier alpha value is -2.68. The second-order valence-electron chi connectivity index (χ2n) is 6.11. The van der Waals surface area contributed by atoms with E-state index < -0.39 is 0 Å². The summed E-state index contributed by atoms with van der Waals surface area (Å²) in [5.74, 6) is 0.00315. The maximum absolute atomic E-state index is 12.9. The highest BCUT2D eigenvalue weighted by atomic mass is 32.2. The van der Waals surface area contributed by atoms with Crippen LogP contribution in [0.4, 0.5) is 5.69 Å². The number of carbonyl (C=O) groups excluding carboxylic acids is 2. The van der Waals surface area contributed by atoms with Crippen LogP contribution in [0.2, 0.25) is 0 Å². The zero-order valence-electron chi connectivity index (χ0n) is 15.8. The normalized spacial score (nSPS) is 15.1. The molecule has 3 rings (SSSR count). The molecule has 1 N–H and O–H groups in total. The predicted molar refractivity (Wildman–Crippen MR) is 119 cm³/mol. The first-order valence-corrected chi connectivity index (χ1v) is 10.1. The summed E-state index contributed by atoms with van der Waals surface area (Å²) in [4.78, 5) is 28.9. The van der Waals surface area contributed by atoms with Gasteiger partial charge in [0.1, 0.15) is 16.6 Å². The van der Waals surface area contributed by atoms with E-state index in [1.807, 2.05) is 42.5 Å². The highest BCUT2D eigenvalue weighted by Gasteiger charge is 2.34. The summed E-state index contributed by atoms with van der Waals surface area (Å²) in [5.41, 5.74) is 1.41. The molecule has 0 bridgehead atoms. The number of aliphatic hydroxyl groups is 1. The van der Waals surface area contributed by atoms with Crippen LogP contribution in [-0.2, 0) is 9.59 Å². The van der Waals surface area contributed by atoms with Crippen molar-refractivity contribution in [2.45, 2.75) is 0 Å². The lowest BCUT2D eigenvalue weighted by molar-refractivity contribution is -0.127. The minimum Gasteiger partial charge on any atom is -0.496 e. The second-order valence-corrected chi connectivity index (χ2v) is 7.79. The number of hydrogen-bond donors (Lipinski definition) is 1. The third-order valence-corrected chi connectivity index (χ3v) is 5.66. The number of rotatable bonds is 7. The molecular weight excluding hydrogens is 408 g/mol. The zero-order chi connectivity index (χ0) is 20.8. The van der Waals surface area contributed by atoms with Crippen LogP contribution >= 0.6 is 24.0 Å². The lowest BCUT2D eigenvalue weighted by Crippen LogP contribution is -2.43. The average molecular weight is 429 g/mol. The molecule has 1 fully saturated rings. The van der Waals surface area contributed by atoms with Crippen LogP contribution in [0.15, 0.2) is 59.5 Å². The highest BCUT2D eigenvalue weighted by Crippen LogP contribution is 2.34. The van der Waals surface area contributed by atoms with Crippen LogP contribution in [0.25, 0.3) is 6.08 Å². The minimum absolute atomic E-state index is 0.134. The molecule has 2 aromatic rings. The van der Waals surface area contributed by atoms with E-state index in [0.29, 0.717) is 20.7 Å². The summed E-state index contributed by atoms with van der Waals surface area (Å²) in [6, 6.07) is 16.4. The quantitative estimate of drug-likeness (QED) is 0.540. The summed E-state index contributed by atoms with van der Waals surface area (Å²) < 4.78 is 5.64. The Balaban J connectivity index is 1.79. The van der Waals surface area contributed by atoms with Gasteiger partial charge in [-0.25, -0.2) is 0 Å². The first kappa shape index (κ1) is 21.0. The van der Waals surface area contributed by atoms with E-state index in [1.165, 1.54) is 9.80 Å². The van der Waals surface area contributed by atoms with Gasteiger partial charge in [0, 0.05) is 17.8 Å². The third kappa shape index (κ3) is 4.84. The fourth-order valence-electron chi connectivity index (χ4n) is 2.89. The van der Waals surface area contributed by atoms with E-state index in [4.69, 9.17) is 17.0 Å². The van der Waals surface area contributed by atoms with Gasteiger partial charge in [0.05, 0.1) is 18.6 Å². The van der Waals surface area contributed by atoms with Crippen molar-refractivity contribution in [2.24, 2.45) is 0 Å². The van der Waals surface area contributed by atoms with Crippen molar-refractivity contribution in [3.8, 4) is 5.75 Å². The molecule has 1 aliphatic heterocycles. The summed E-state index contributed by atoms with van der Waals surface area (Å²) >= 11 is 6.49. The molecule has 6 nitrogen and oxygen atoms in total. The van der Waals surface area contributed by atoms with Crippen molar-refractivity contribution in [3.63, 3.8) is 0 Å².